The van der Waals surface area contributed by atoms with Crippen molar-refractivity contribution in [3.05, 3.63) is 60.2 Å². The van der Waals surface area contributed by atoms with Crippen LogP contribution in [-0.4, -0.2) is 19.3 Å². The quantitative estimate of drug-likeness (QED) is 0.730. The summed E-state index contributed by atoms with van der Waals surface area (Å²) in [6, 6.07) is 17.0. The Morgan fingerprint density at radius 3 is 2.05 bits per heavy atom. The maximum absolute atomic E-state index is 10.9. The molecular formula is C15H17N3O2S2. The summed E-state index contributed by atoms with van der Waals surface area (Å²) in [4.78, 5) is 0. The van der Waals surface area contributed by atoms with E-state index in [-0.39, 0.29) is 5.75 Å². The average Bonchev–Trinajstić information content (AvgIpc) is 2.47. The lowest BCUT2D eigenvalue weighted by atomic mass is 10.1. The molecule has 0 fully saturated rings. The largest absolute Gasteiger partial charge is 0.332 e. The maximum Gasteiger partial charge on any atom is 0.209 e. The Morgan fingerprint density at radius 1 is 0.955 bits per heavy atom. The summed E-state index contributed by atoms with van der Waals surface area (Å²) in [6.45, 7) is 0. The molecule has 22 heavy (non-hydrogen) atoms. The van der Waals surface area contributed by atoms with Gasteiger partial charge in [-0.05, 0) is 48.5 Å². The predicted molar refractivity (Wildman–Crippen MR) is 94.4 cm³/mol. The molecule has 0 amide bonds. The molecule has 0 aliphatic heterocycles. The van der Waals surface area contributed by atoms with E-state index in [2.05, 4.69) is 10.6 Å². The fourth-order valence-corrected chi connectivity index (χ4v) is 2.59. The van der Waals surface area contributed by atoms with Gasteiger partial charge in [0, 0.05) is 11.4 Å². The van der Waals surface area contributed by atoms with Gasteiger partial charge in [-0.1, -0.05) is 30.3 Å². The second-order valence-electron chi connectivity index (χ2n) is 4.76. The van der Waals surface area contributed by atoms with Gasteiger partial charge in [0.2, 0.25) is 10.0 Å². The van der Waals surface area contributed by atoms with Gasteiger partial charge < -0.3 is 10.6 Å². The molecule has 0 aromatic heterocycles. The third kappa shape index (κ3) is 5.80. The van der Waals surface area contributed by atoms with Crippen LogP contribution in [0, 0.1) is 0 Å². The minimum Gasteiger partial charge on any atom is -0.332 e. The topological polar surface area (TPSA) is 84.2 Å². The summed E-state index contributed by atoms with van der Waals surface area (Å²) < 4.78 is 21.9. The van der Waals surface area contributed by atoms with Crippen molar-refractivity contribution in [1.29, 1.82) is 0 Å². The number of sulfonamides is 1. The van der Waals surface area contributed by atoms with Crippen LogP contribution in [0.2, 0.25) is 0 Å². The summed E-state index contributed by atoms with van der Waals surface area (Å²) in [5.74, 6) is -0.0618. The highest BCUT2D eigenvalue weighted by Gasteiger charge is 2.04. The monoisotopic (exact) mass is 335 g/mol. The highest BCUT2D eigenvalue weighted by Crippen LogP contribution is 2.12. The Morgan fingerprint density at radius 2 is 1.50 bits per heavy atom. The number of benzene rings is 2. The molecule has 0 spiro atoms. The normalized spacial score (nSPS) is 11.0. The molecule has 7 heteroatoms. The summed E-state index contributed by atoms with van der Waals surface area (Å²) in [6.07, 6.45) is 0.395. The van der Waals surface area contributed by atoms with E-state index in [4.69, 9.17) is 17.4 Å². The predicted octanol–water partition coefficient (Wildman–Crippen LogP) is 2.33. The molecule has 116 valence electrons. The van der Waals surface area contributed by atoms with Gasteiger partial charge in [-0.3, -0.25) is 0 Å². The highest BCUT2D eigenvalue weighted by atomic mass is 32.2. The average molecular weight is 335 g/mol. The van der Waals surface area contributed by atoms with Gasteiger partial charge in [0.1, 0.15) is 0 Å². The molecule has 0 radical (unpaired) electrons. The van der Waals surface area contributed by atoms with E-state index >= 15 is 0 Å². The van der Waals surface area contributed by atoms with Crippen LogP contribution in [-0.2, 0) is 16.4 Å². The van der Waals surface area contributed by atoms with Crippen molar-refractivity contribution < 1.29 is 8.42 Å². The number of para-hydroxylation sites is 1. The number of anilines is 2. The standard InChI is InChI=1S/C15H17N3O2S2/c16-22(19,20)11-10-12-6-8-14(9-7-12)18-15(21)17-13-4-2-1-3-5-13/h1-9H,10-11H2,(H2,16,19,20)(H2,17,18,21). The van der Waals surface area contributed by atoms with Crippen molar-refractivity contribution in [3.8, 4) is 0 Å². The van der Waals surface area contributed by atoms with Crippen LogP contribution in [0.1, 0.15) is 5.56 Å². The number of nitrogens with two attached hydrogens (primary N) is 1. The third-order valence-electron chi connectivity index (χ3n) is 2.92. The molecular weight excluding hydrogens is 318 g/mol. The van der Waals surface area contributed by atoms with Gasteiger partial charge >= 0.3 is 0 Å². The van der Waals surface area contributed by atoms with Gasteiger partial charge in [0.25, 0.3) is 0 Å². The van der Waals surface area contributed by atoms with E-state index in [1.165, 1.54) is 0 Å². The summed E-state index contributed by atoms with van der Waals surface area (Å²) in [5, 5.41) is 11.6. The van der Waals surface area contributed by atoms with Crippen molar-refractivity contribution in [2.45, 2.75) is 6.42 Å². The lowest BCUT2D eigenvalue weighted by molar-refractivity contribution is 0.597. The van der Waals surface area contributed by atoms with Crippen LogP contribution < -0.4 is 15.8 Å². The molecule has 0 aliphatic rings. The van der Waals surface area contributed by atoms with E-state index in [9.17, 15) is 8.42 Å². The number of nitrogens with one attached hydrogen (secondary N) is 2. The fraction of sp³-hybridized carbons (Fsp3) is 0.133. The van der Waals surface area contributed by atoms with Gasteiger partial charge in [-0.15, -0.1) is 0 Å². The number of aryl methyl sites for hydroxylation is 1. The summed E-state index contributed by atoms with van der Waals surface area (Å²) in [5.41, 5.74) is 2.64. The third-order valence-corrected chi connectivity index (χ3v) is 3.90. The first kappa shape index (κ1) is 16.4. The zero-order chi connectivity index (χ0) is 16.0. The van der Waals surface area contributed by atoms with Crippen LogP contribution in [0.25, 0.3) is 0 Å². The zero-order valence-corrected chi connectivity index (χ0v) is 13.5. The number of primary sulfonamides is 1. The Bertz CT molecular complexity index is 729. The highest BCUT2D eigenvalue weighted by molar-refractivity contribution is 7.89. The molecule has 2 aromatic rings. The van der Waals surface area contributed by atoms with Crippen molar-refractivity contribution >= 4 is 38.7 Å². The van der Waals surface area contributed by atoms with Crippen molar-refractivity contribution in [2.24, 2.45) is 5.14 Å². The molecule has 0 saturated carbocycles. The number of rotatable bonds is 5. The van der Waals surface area contributed by atoms with Crippen LogP contribution in [0.5, 0.6) is 0 Å². The molecule has 5 nitrogen and oxygen atoms in total. The van der Waals surface area contributed by atoms with Gasteiger partial charge in [-0.2, -0.15) is 0 Å². The Balaban J connectivity index is 1.89. The van der Waals surface area contributed by atoms with E-state index < -0.39 is 10.0 Å². The van der Waals surface area contributed by atoms with Gasteiger partial charge in [0.15, 0.2) is 5.11 Å². The van der Waals surface area contributed by atoms with E-state index in [1.807, 2.05) is 54.6 Å². The molecule has 2 rings (SSSR count). The van der Waals surface area contributed by atoms with Crippen molar-refractivity contribution in [3.63, 3.8) is 0 Å². The SMILES string of the molecule is NS(=O)(=O)CCc1ccc(NC(=S)Nc2ccccc2)cc1. The Hall–Kier alpha value is -1.96. The number of hydrogen-bond acceptors (Lipinski definition) is 3. The second kappa shape index (κ2) is 7.35. The second-order valence-corrected chi connectivity index (χ2v) is 6.90. The molecule has 0 aliphatic carbocycles. The van der Waals surface area contributed by atoms with Crippen LogP contribution in [0.4, 0.5) is 11.4 Å². The number of hydrogen-bond donors (Lipinski definition) is 3. The lowest BCUT2D eigenvalue weighted by Gasteiger charge is -2.11. The number of thiocarbonyl (C=S) groups is 1. The minimum atomic E-state index is -3.43. The Kier molecular flexibility index (Phi) is 5.48. The van der Waals surface area contributed by atoms with E-state index in [0.29, 0.717) is 11.5 Å². The van der Waals surface area contributed by atoms with Gasteiger partial charge in [-0.25, -0.2) is 13.6 Å². The van der Waals surface area contributed by atoms with Gasteiger partial charge in [0.05, 0.1) is 5.75 Å². The molecule has 0 atom stereocenters. The maximum atomic E-state index is 10.9. The van der Waals surface area contributed by atoms with Crippen LogP contribution >= 0.6 is 12.2 Å². The van der Waals surface area contributed by atoms with E-state index in [1.54, 1.807) is 0 Å². The summed E-state index contributed by atoms with van der Waals surface area (Å²) >= 11 is 5.23. The first-order valence-corrected chi connectivity index (χ1v) is 8.77. The molecule has 0 heterocycles. The summed E-state index contributed by atoms with van der Waals surface area (Å²) in [7, 11) is -3.43. The van der Waals surface area contributed by atoms with Crippen LogP contribution in [0.15, 0.2) is 54.6 Å². The smallest absolute Gasteiger partial charge is 0.209 e. The molecule has 0 bridgehead atoms. The molecule has 0 unspecified atom stereocenters. The first-order valence-electron chi connectivity index (χ1n) is 6.65. The molecule has 2 aromatic carbocycles. The lowest BCUT2D eigenvalue weighted by Crippen LogP contribution is -2.19. The zero-order valence-electron chi connectivity index (χ0n) is 11.8. The van der Waals surface area contributed by atoms with Crippen molar-refractivity contribution in [2.75, 3.05) is 16.4 Å². The first-order chi connectivity index (χ1) is 10.4. The molecule has 4 N–H and O–H groups in total. The van der Waals surface area contributed by atoms with Crippen molar-refractivity contribution in [1.82, 2.24) is 0 Å². The van der Waals surface area contributed by atoms with E-state index in [0.717, 1.165) is 16.9 Å². The van der Waals surface area contributed by atoms with Crippen LogP contribution in [0.3, 0.4) is 0 Å². The molecule has 0 saturated heterocycles. The minimum absolute atomic E-state index is 0.0618. The Labute approximate surface area is 135 Å². The fourth-order valence-electron chi connectivity index (χ4n) is 1.83.